The van der Waals surface area contributed by atoms with E-state index in [1.54, 1.807) is 0 Å². The summed E-state index contributed by atoms with van der Waals surface area (Å²) in [7, 11) is 0. The Bertz CT molecular complexity index is 580. The number of carbonyl (C=O) groups is 2. The van der Waals surface area contributed by atoms with Gasteiger partial charge in [0.2, 0.25) is 0 Å². The fourth-order valence-electron chi connectivity index (χ4n) is 3.95. The topological polar surface area (TPSA) is 43.4 Å². The van der Waals surface area contributed by atoms with E-state index in [1.165, 1.54) is 5.56 Å². The van der Waals surface area contributed by atoms with Gasteiger partial charge in [-0.25, -0.2) is 0 Å². The summed E-state index contributed by atoms with van der Waals surface area (Å²) in [5, 5.41) is 0. The zero-order chi connectivity index (χ0) is 17.1. The fourth-order valence-corrected chi connectivity index (χ4v) is 3.95. The first-order chi connectivity index (χ1) is 10.8. The van der Waals surface area contributed by atoms with Crippen molar-refractivity contribution < 1.29 is 14.3 Å². The van der Waals surface area contributed by atoms with Gasteiger partial charge in [0, 0.05) is 12.3 Å². The molecule has 0 saturated heterocycles. The Balaban J connectivity index is 2.17. The highest BCUT2D eigenvalue weighted by Crippen LogP contribution is 2.38. The molecule has 2 rings (SSSR count). The fraction of sp³-hybridized carbons (Fsp3) is 0.600. The average Bonchev–Trinajstić information content (AvgIpc) is 2.85. The number of aryl methyl sites for hydroxylation is 3. The van der Waals surface area contributed by atoms with Crippen LogP contribution in [0.1, 0.15) is 48.9 Å². The molecule has 3 unspecified atom stereocenters. The van der Waals surface area contributed by atoms with E-state index in [0.29, 0.717) is 18.9 Å². The maximum Gasteiger partial charge on any atom is 0.309 e. The molecule has 3 atom stereocenters. The number of hydrogen-bond acceptors (Lipinski definition) is 3. The maximum absolute atomic E-state index is 12.9. The van der Waals surface area contributed by atoms with Gasteiger partial charge in [0.05, 0.1) is 12.5 Å². The lowest BCUT2D eigenvalue weighted by Gasteiger charge is -2.18. The lowest BCUT2D eigenvalue weighted by atomic mass is 9.86. The van der Waals surface area contributed by atoms with Crippen molar-refractivity contribution in [1.82, 2.24) is 0 Å². The molecule has 0 aliphatic heterocycles. The van der Waals surface area contributed by atoms with Crippen molar-refractivity contribution >= 4 is 11.8 Å². The van der Waals surface area contributed by atoms with E-state index in [2.05, 4.69) is 39.8 Å². The summed E-state index contributed by atoms with van der Waals surface area (Å²) >= 11 is 0. The standard InChI is InChI=1S/C20H28O3/c1-6-23-20(22)18-10-13(3)9-17(18)19(21)11-16-14(4)7-12(2)8-15(16)5/h7-8,13,17-18H,6,9-11H2,1-5H3. The normalized spacial score (nSPS) is 23.8. The smallest absolute Gasteiger partial charge is 0.309 e. The van der Waals surface area contributed by atoms with Crippen molar-refractivity contribution in [1.29, 1.82) is 0 Å². The Kier molecular flexibility index (Phi) is 5.61. The number of Topliss-reactive ketones (excluding diaryl/α,β-unsaturated/α-hetero) is 1. The van der Waals surface area contributed by atoms with Crippen molar-refractivity contribution in [3.05, 3.63) is 34.4 Å². The van der Waals surface area contributed by atoms with Crippen LogP contribution in [0.5, 0.6) is 0 Å². The van der Waals surface area contributed by atoms with Crippen LogP contribution in [0, 0.1) is 38.5 Å². The molecule has 3 nitrogen and oxygen atoms in total. The summed E-state index contributed by atoms with van der Waals surface area (Å²) < 4.78 is 5.18. The van der Waals surface area contributed by atoms with Crippen LogP contribution < -0.4 is 0 Å². The van der Waals surface area contributed by atoms with Crippen molar-refractivity contribution in [3.63, 3.8) is 0 Å². The van der Waals surface area contributed by atoms with Crippen LogP contribution in [-0.4, -0.2) is 18.4 Å². The molecule has 1 fully saturated rings. The predicted octanol–water partition coefficient (Wildman–Crippen LogP) is 3.95. The summed E-state index contributed by atoms with van der Waals surface area (Å²) in [5.74, 6) is -0.0683. The SMILES string of the molecule is CCOC(=O)C1CC(C)CC1C(=O)Cc1c(C)cc(C)cc1C. The summed E-state index contributed by atoms with van der Waals surface area (Å²) in [5.41, 5.74) is 4.65. The second-order valence-corrected chi connectivity index (χ2v) is 7.06. The molecule has 126 valence electrons. The van der Waals surface area contributed by atoms with Gasteiger partial charge in [-0.3, -0.25) is 9.59 Å². The van der Waals surface area contributed by atoms with Gasteiger partial charge in [0.25, 0.3) is 0 Å². The Morgan fingerprint density at radius 1 is 1.09 bits per heavy atom. The molecule has 1 aromatic carbocycles. The third-order valence-corrected chi connectivity index (χ3v) is 4.99. The molecule has 1 aliphatic rings. The predicted molar refractivity (Wildman–Crippen MR) is 91.4 cm³/mol. The minimum Gasteiger partial charge on any atom is -0.466 e. The highest BCUT2D eigenvalue weighted by molar-refractivity contribution is 5.89. The highest BCUT2D eigenvalue weighted by atomic mass is 16.5. The quantitative estimate of drug-likeness (QED) is 0.773. The van der Waals surface area contributed by atoms with Crippen LogP contribution in [0.15, 0.2) is 12.1 Å². The zero-order valence-corrected chi connectivity index (χ0v) is 14.9. The molecule has 3 heteroatoms. The van der Waals surface area contributed by atoms with Gasteiger partial charge >= 0.3 is 5.97 Å². The Hall–Kier alpha value is -1.64. The molecule has 0 N–H and O–H groups in total. The second-order valence-electron chi connectivity index (χ2n) is 7.06. The number of ether oxygens (including phenoxy) is 1. The average molecular weight is 316 g/mol. The van der Waals surface area contributed by atoms with Gasteiger partial charge in [0.15, 0.2) is 0 Å². The molecular weight excluding hydrogens is 288 g/mol. The van der Waals surface area contributed by atoms with E-state index in [4.69, 9.17) is 4.74 Å². The van der Waals surface area contributed by atoms with Crippen molar-refractivity contribution in [2.24, 2.45) is 17.8 Å². The monoisotopic (exact) mass is 316 g/mol. The van der Waals surface area contributed by atoms with E-state index < -0.39 is 0 Å². The van der Waals surface area contributed by atoms with Gasteiger partial charge in [0.1, 0.15) is 5.78 Å². The van der Waals surface area contributed by atoms with Crippen LogP contribution in [0.25, 0.3) is 0 Å². The van der Waals surface area contributed by atoms with Crippen molar-refractivity contribution in [3.8, 4) is 0 Å². The van der Waals surface area contributed by atoms with Crippen LogP contribution >= 0.6 is 0 Å². The van der Waals surface area contributed by atoms with Crippen LogP contribution in [0.4, 0.5) is 0 Å². The van der Waals surface area contributed by atoms with Crippen LogP contribution in [-0.2, 0) is 20.7 Å². The molecule has 0 spiro atoms. The van der Waals surface area contributed by atoms with Gasteiger partial charge in [-0.2, -0.15) is 0 Å². The third-order valence-electron chi connectivity index (χ3n) is 4.99. The molecule has 0 aromatic heterocycles. The molecule has 23 heavy (non-hydrogen) atoms. The van der Waals surface area contributed by atoms with Crippen molar-refractivity contribution in [2.75, 3.05) is 6.61 Å². The van der Waals surface area contributed by atoms with Gasteiger partial charge < -0.3 is 4.74 Å². The number of esters is 1. The number of benzene rings is 1. The molecule has 1 aromatic rings. The Morgan fingerprint density at radius 3 is 2.22 bits per heavy atom. The Morgan fingerprint density at radius 2 is 1.65 bits per heavy atom. The summed E-state index contributed by atoms with van der Waals surface area (Å²) in [6.45, 7) is 10.5. The molecule has 1 saturated carbocycles. The Labute approximate surface area is 139 Å². The van der Waals surface area contributed by atoms with Crippen LogP contribution in [0.2, 0.25) is 0 Å². The van der Waals surface area contributed by atoms with E-state index in [9.17, 15) is 9.59 Å². The minimum atomic E-state index is -0.261. The van der Waals surface area contributed by atoms with E-state index in [-0.39, 0.29) is 23.6 Å². The van der Waals surface area contributed by atoms with E-state index in [0.717, 1.165) is 29.5 Å². The van der Waals surface area contributed by atoms with Gasteiger partial charge in [-0.15, -0.1) is 0 Å². The number of carbonyl (C=O) groups excluding carboxylic acids is 2. The third kappa shape index (κ3) is 4.01. The van der Waals surface area contributed by atoms with Gasteiger partial charge in [-0.05, 0) is 63.1 Å². The molecule has 0 heterocycles. The number of ketones is 1. The zero-order valence-electron chi connectivity index (χ0n) is 14.9. The second kappa shape index (κ2) is 7.29. The molecule has 0 bridgehead atoms. The summed E-state index contributed by atoms with van der Waals surface area (Å²) in [6.07, 6.45) is 1.98. The van der Waals surface area contributed by atoms with Gasteiger partial charge in [-0.1, -0.05) is 24.6 Å². The molecular formula is C20H28O3. The number of rotatable bonds is 5. The first-order valence-corrected chi connectivity index (χ1v) is 8.59. The van der Waals surface area contributed by atoms with Crippen molar-refractivity contribution in [2.45, 2.75) is 53.9 Å². The lowest BCUT2D eigenvalue weighted by molar-refractivity contribution is -0.151. The van der Waals surface area contributed by atoms with E-state index >= 15 is 0 Å². The highest BCUT2D eigenvalue weighted by Gasteiger charge is 2.41. The molecule has 0 radical (unpaired) electrons. The summed E-state index contributed by atoms with van der Waals surface area (Å²) in [4.78, 5) is 25.0. The lowest BCUT2D eigenvalue weighted by Crippen LogP contribution is -2.28. The summed E-state index contributed by atoms with van der Waals surface area (Å²) in [6, 6.07) is 4.24. The molecule has 1 aliphatic carbocycles. The largest absolute Gasteiger partial charge is 0.466 e. The number of hydrogen-bond donors (Lipinski definition) is 0. The van der Waals surface area contributed by atoms with Crippen LogP contribution in [0.3, 0.4) is 0 Å². The van der Waals surface area contributed by atoms with E-state index in [1.807, 2.05) is 6.92 Å². The minimum absolute atomic E-state index is 0.183. The maximum atomic E-state index is 12.9. The molecule has 0 amide bonds. The first-order valence-electron chi connectivity index (χ1n) is 8.59. The first kappa shape index (κ1) is 17.7.